The summed E-state index contributed by atoms with van der Waals surface area (Å²) in [6, 6.07) is 0. The van der Waals surface area contributed by atoms with Gasteiger partial charge in [0.1, 0.15) is 0 Å². The Morgan fingerprint density at radius 3 is 2.65 bits per heavy atom. The van der Waals surface area contributed by atoms with Gasteiger partial charge in [0.15, 0.2) is 0 Å². The fraction of sp³-hybridized carbons (Fsp3) is 0.750. The summed E-state index contributed by atoms with van der Waals surface area (Å²) in [4.78, 5) is 13.7. The van der Waals surface area contributed by atoms with E-state index in [4.69, 9.17) is 4.42 Å². The largest absolute Gasteiger partial charge is 0.425 e. The Morgan fingerprint density at radius 1 is 1.41 bits per heavy atom. The fourth-order valence-corrected chi connectivity index (χ4v) is 2.22. The molecule has 0 aromatic carbocycles. The molecule has 1 amide bonds. The predicted octanol–water partition coefficient (Wildman–Crippen LogP) is 1.88. The highest BCUT2D eigenvalue weighted by atomic mass is 16.4. The first-order chi connectivity index (χ1) is 8.20. The first-order valence-corrected chi connectivity index (χ1v) is 6.28. The molecule has 2 heterocycles. The second-order valence-corrected chi connectivity index (χ2v) is 4.56. The van der Waals surface area contributed by atoms with E-state index in [0.29, 0.717) is 18.2 Å². The number of amides is 1. The summed E-state index contributed by atoms with van der Waals surface area (Å²) >= 11 is 0. The molecule has 0 saturated carbocycles. The van der Waals surface area contributed by atoms with Crippen molar-refractivity contribution in [2.24, 2.45) is 0 Å². The first-order valence-electron chi connectivity index (χ1n) is 6.28. The van der Waals surface area contributed by atoms with Gasteiger partial charge >= 0.3 is 0 Å². The van der Waals surface area contributed by atoms with Gasteiger partial charge in [-0.1, -0.05) is 6.92 Å². The van der Waals surface area contributed by atoms with Gasteiger partial charge in [-0.3, -0.25) is 4.79 Å². The Balaban J connectivity index is 1.88. The molecule has 1 saturated heterocycles. The quantitative estimate of drug-likeness (QED) is 0.805. The van der Waals surface area contributed by atoms with Crippen molar-refractivity contribution < 1.29 is 9.21 Å². The van der Waals surface area contributed by atoms with Crippen molar-refractivity contribution in [2.75, 3.05) is 13.1 Å². The van der Waals surface area contributed by atoms with Crippen LogP contribution in [0, 0.1) is 6.92 Å². The Kier molecular flexibility index (Phi) is 3.76. The van der Waals surface area contributed by atoms with Gasteiger partial charge in [0.2, 0.25) is 17.7 Å². The molecular formula is C12H19N3O2. The summed E-state index contributed by atoms with van der Waals surface area (Å²) < 4.78 is 5.44. The smallest absolute Gasteiger partial charge is 0.222 e. The van der Waals surface area contributed by atoms with E-state index >= 15 is 0 Å². The van der Waals surface area contributed by atoms with Crippen LogP contribution in [0.1, 0.15) is 50.3 Å². The standard InChI is InChI=1S/C12H19N3O2/c1-3-4-11(16)15-7-5-10(6-8-15)12-14-13-9(2)17-12/h10H,3-8H2,1-2H3. The molecule has 0 N–H and O–H groups in total. The van der Waals surface area contributed by atoms with E-state index in [0.717, 1.165) is 38.2 Å². The van der Waals surface area contributed by atoms with Crippen LogP contribution >= 0.6 is 0 Å². The van der Waals surface area contributed by atoms with Crippen LogP contribution in [0.15, 0.2) is 4.42 Å². The number of aromatic nitrogens is 2. The third kappa shape index (κ3) is 2.84. The molecule has 17 heavy (non-hydrogen) atoms. The number of hydrogen-bond acceptors (Lipinski definition) is 4. The molecule has 1 aliphatic heterocycles. The lowest BCUT2D eigenvalue weighted by molar-refractivity contribution is -0.132. The second-order valence-electron chi connectivity index (χ2n) is 4.56. The van der Waals surface area contributed by atoms with Gasteiger partial charge in [-0.2, -0.15) is 0 Å². The maximum atomic E-state index is 11.7. The zero-order chi connectivity index (χ0) is 12.3. The van der Waals surface area contributed by atoms with Gasteiger partial charge in [0.05, 0.1) is 0 Å². The van der Waals surface area contributed by atoms with Crippen molar-refractivity contribution in [1.82, 2.24) is 15.1 Å². The highest BCUT2D eigenvalue weighted by Gasteiger charge is 2.26. The van der Waals surface area contributed by atoms with Crippen LogP contribution in [0.25, 0.3) is 0 Å². The van der Waals surface area contributed by atoms with Gasteiger partial charge in [0, 0.05) is 32.4 Å². The van der Waals surface area contributed by atoms with Gasteiger partial charge in [-0.25, -0.2) is 0 Å². The minimum Gasteiger partial charge on any atom is -0.425 e. The molecular weight excluding hydrogens is 218 g/mol. The molecule has 0 atom stereocenters. The topological polar surface area (TPSA) is 59.2 Å². The monoisotopic (exact) mass is 237 g/mol. The second kappa shape index (κ2) is 5.29. The lowest BCUT2D eigenvalue weighted by atomic mass is 9.96. The maximum Gasteiger partial charge on any atom is 0.222 e. The van der Waals surface area contributed by atoms with Crippen molar-refractivity contribution >= 4 is 5.91 Å². The molecule has 1 aromatic heterocycles. The molecule has 5 nitrogen and oxygen atoms in total. The third-order valence-electron chi connectivity index (χ3n) is 3.20. The summed E-state index contributed by atoms with van der Waals surface area (Å²) in [5.41, 5.74) is 0. The van der Waals surface area contributed by atoms with Gasteiger partial charge in [0.25, 0.3) is 0 Å². The molecule has 1 fully saturated rings. The number of hydrogen-bond donors (Lipinski definition) is 0. The minimum absolute atomic E-state index is 0.271. The number of rotatable bonds is 3. The Hall–Kier alpha value is -1.39. The van der Waals surface area contributed by atoms with E-state index in [1.165, 1.54) is 0 Å². The molecule has 0 unspecified atom stereocenters. The molecule has 0 aliphatic carbocycles. The van der Waals surface area contributed by atoms with E-state index in [2.05, 4.69) is 10.2 Å². The Labute approximate surface area is 101 Å². The Bertz CT molecular complexity index is 381. The van der Waals surface area contributed by atoms with E-state index in [-0.39, 0.29) is 5.91 Å². The summed E-state index contributed by atoms with van der Waals surface area (Å²) in [6.07, 6.45) is 3.43. The third-order valence-corrected chi connectivity index (χ3v) is 3.20. The van der Waals surface area contributed by atoms with Crippen LogP contribution < -0.4 is 0 Å². The van der Waals surface area contributed by atoms with Crippen LogP contribution in [0.2, 0.25) is 0 Å². The van der Waals surface area contributed by atoms with Crippen LogP contribution in [0.4, 0.5) is 0 Å². The molecule has 0 spiro atoms. The van der Waals surface area contributed by atoms with Gasteiger partial charge in [-0.15, -0.1) is 10.2 Å². The molecule has 0 bridgehead atoms. The number of carbonyl (C=O) groups is 1. The molecule has 2 rings (SSSR count). The zero-order valence-electron chi connectivity index (χ0n) is 10.5. The molecule has 94 valence electrons. The molecule has 1 aromatic rings. The maximum absolute atomic E-state index is 11.7. The van der Waals surface area contributed by atoms with E-state index in [1.807, 2.05) is 11.8 Å². The lowest BCUT2D eigenvalue weighted by Gasteiger charge is -2.30. The van der Waals surface area contributed by atoms with Crippen molar-refractivity contribution in [3.8, 4) is 0 Å². The van der Waals surface area contributed by atoms with Crippen molar-refractivity contribution in [3.05, 3.63) is 11.8 Å². The SMILES string of the molecule is CCCC(=O)N1CCC(c2nnc(C)o2)CC1. The number of nitrogens with zero attached hydrogens (tertiary/aromatic N) is 3. The normalized spacial score (nSPS) is 17.4. The average Bonchev–Trinajstić information content (AvgIpc) is 2.76. The fourth-order valence-electron chi connectivity index (χ4n) is 2.22. The van der Waals surface area contributed by atoms with E-state index < -0.39 is 0 Å². The van der Waals surface area contributed by atoms with Crippen LogP contribution in [0.3, 0.4) is 0 Å². The van der Waals surface area contributed by atoms with Crippen LogP contribution in [-0.2, 0) is 4.79 Å². The summed E-state index contributed by atoms with van der Waals surface area (Å²) in [5, 5.41) is 7.90. The van der Waals surface area contributed by atoms with Crippen molar-refractivity contribution in [2.45, 2.75) is 45.4 Å². The van der Waals surface area contributed by atoms with Crippen LogP contribution in [-0.4, -0.2) is 34.1 Å². The minimum atomic E-state index is 0.271. The summed E-state index contributed by atoms with van der Waals surface area (Å²) in [7, 11) is 0. The number of aryl methyl sites for hydroxylation is 1. The predicted molar refractivity (Wildman–Crippen MR) is 62.5 cm³/mol. The molecule has 5 heteroatoms. The van der Waals surface area contributed by atoms with Gasteiger partial charge in [-0.05, 0) is 19.3 Å². The zero-order valence-corrected chi connectivity index (χ0v) is 10.5. The number of piperidine rings is 1. The molecule has 0 radical (unpaired) electrons. The Morgan fingerprint density at radius 2 is 2.12 bits per heavy atom. The van der Waals surface area contributed by atoms with Crippen molar-refractivity contribution in [3.63, 3.8) is 0 Å². The van der Waals surface area contributed by atoms with Crippen LogP contribution in [0.5, 0.6) is 0 Å². The van der Waals surface area contributed by atoms with E-state index in [9.17, 15) is 4.79 Å². The number of carbonyl (C=O) groups excluding carboxylic acids is 1. The number of likely N-dealkylation sites (tertiary alicyclic amines) is 1. The average molecular weight is 237 g/mol. The van der Waals surface area contributed by atoms with Gasteiger partial charge < -0.3 is 9.32 Å². The van der Waals surface area contributed by atoms with Crippen molar-refractivity contribution in [1.29, 1.82) is 0 Å². The lowest BCUT2D eigenvalue weighted by Crippen LogP contribution is -2.37. The molecule has 1 aliphatic rings. The summed E-state index contributed by atoms with van der Waals surface area (Å²) in [6.45, 7) is 5.46. The highest BCUT2D eigenvalue weighted by Crippen LogP contribution is 2.27. The highest BCUT2D eigenvalue weighted by molar-refractivity contribution is 5.76. The summed E-state index contributed by atoms with van der Waals surface area (Å²) in [5.74, 6) is 1.93. The van der Waals surface area contributed by atoms with E-state index in [1.54, 1.807) is 6.92 Å². The first kappa shape index (κ1) is 12.1.